The van der Waals surface area contributed by atoms with Crippen molar-refractivity contribution in [1.82, 2.24) is 10.3 Å². The quantitative estimate of drug-likeness (QED) is 0.676. The van der Waals surface area contributed by atoms with E-state index in [0.717, 1.165) is 25.1 Å². The SMILES string of the molecule is CC1CCC(CN)CN1c1ccc([N+](=O)[O-])c2nonc12. The van der Waals surface area contributed by atoms with Crippen molar-refractivity contribution in [2.75, 3.05) is 18.0 Å². The maximum absolute atomic E-state index is 11.0. The van der Waals surface area contributed by atoms with Gasteiger partial charge in [-0.05, 0) is 48.6 Å². The summed E-state index contributed by atoms with van der Waals surface area (Å²) >= 11 is 0. The lowest BCUT2D eigenvalue weighted by molar-refractivity contribution is -0.383. The maximum atomic E-state index is 11.0. The zero-order valence-electron chi connectivity index (χ0n) is 11.7. The molecule has 1 aromatic heterocycles. The second kappa shape index (κ2) is 5.28. The van der Waals surface area contributed by atoms with Crippen LogP contribution in [0.5, 0.6) is 0 Å². The van der Waals surface area contributed by atoms with Crippen molar-refractivity contribution in [2.45, 2.75) is 25.8 Å². The van der Waals surface area contributed by atoms with E-state index in [9.17, 15) is 10.1 Å². The highest BCUT2D eigenvalue weighted by Gasteiger charge is 2.29. The molecule has 0 amide bonds. The normalized spacial score (nSPS) is 22.7. The number of fused-ring (bicyclic) bond motifs is 1. The lowest BCUT2D eigenvalue weighted by atomic mass is 9.93. The van der Waals surface area contributed by atoms with E-state index in [2.05, 4.69) is 22.1 Å². The van der Waals surface area contributed by atoms with E-state index >= 15 is 0 Å². The highest BCUT2D eigenvalue weighted by atomic mass is 16.6. The third-order valence-corrected chi connectivity index (χ3v) is 4.19. The molecule has 3 rings (SSSR count). The monoisotopic (exact) mass is 291 g/mol. The van der Waals surface area contributed by atoms with Gasteiger partial charge in [0.1, 0.15) is 0 Å². The number of benzene rings is 1. The number of aromatic nitrogens is 2. The molecular formula is C13H17N5O3. The van der Waals surface area contributed by atoms with E-state index in [-0.39, 0.29) is 11.2 Å². The van der Waals surface area contributed by atoms with Crippen LogP contribution in [0.1, 0.15) is 19.8 Å². The van der Waals surface area contributed by atoms with Crippen LogP contribution in [0.25, 0.3) is 11.0 Å². The van der Waals surface area contributed by atoms with Gasteiger partial charge in [-0.25, -0.2) is 4.63 Å². The van der Waals surface area contributed by atoms with Crippen molar-refractivity contribution < 1.29 is 9.55 Å². The molecule has 112 valence electrons. The summed E-state index contributed by atoms with van der Waals surface area (Å²) in [7, 11) is 0. The van der Waals surface area contributed by atoms with Gasteiger partial charge in [0.05, 0.1) is 10.6 Å². The number of non-ortho nitro benzene ring substituents is 1. The molecule has 1 saturated heterocycles. The molecule has 0 spiro atoms. The Morgan fingerprint density at radius 1 is 1.43 bits per heavy atom. The Labute approximate surface area is 121 Å². The first kappa shape index (κ1) is 13.7. The summed E-state index contributed by atoms with van der Waals surface area (Å²) in [5, 5.41) is 18.6. The van der Waals surface area contributed by atoms with Crippen LogP contribution in [0.4, 0.5) is 11.4 Å². The molecular weight excluding hydrogens is 274 g/mol. The zero-order valence-corrected chi connectivity index (χ0v) is 11.7. The first-order valence-corrected chi connectivity index (χ1v) is 6.98. The van der Waals surface area contributed by atoms with Crippen molar-refractivity contribution in [3.63, 3.8) is 0 Å². The Bertz CT molecular complexity index is 671. The fourth-order valence-corrected chi connectivity index (χ4v) is 2.93. The van der Waals surface area contributed by atoms with Crippen LogP contribution >= 0.6 is 0 Å². The number of nitro groups is 1. The second-order valence-electron chi connectivity index (χ2n) is 5.50. The van der Waals surface area contributed by atoms with E-state index in [1.165, 1.54) is 6.07 Å². The van der Waals surface area contributed by atoms with Crippen LogP contribution < -0.4 is 10.6 Å². The minimum Gasteiger partial charge on any atom is -0.367 e. The van der Waals surface area contributed by atoms with Crippen molar-refractivity contribution in [1.29, 1.82) is 0 Å². The first-order chi connectivity index (χ1) is 10.1. The molecule has 1 aliphatic heterocycles. The fraction of sp³-hybridized carbons (Fsp3) is 0.538. The number of hydrogen-bond donors (Lipinski definition) is 1. The van der Waals surface area contributed by atoms with Crippen LogP contribution in [0.2, 0.25) is 0 Å². The summed E-state index contributed by atoms with van der Waals surface area (Å²) in [5.41, 5.74) is 7.15. The summed E-state index contributed by atoms with van der Waals surface area (Å²) in [5.74, 6) is 0.423. The summed E-state index contributed by atoms with van der Waals surface area (Å²) in [6.07, 6.45) is 2.13. The van der Waals surface area contributed by atoms with Crippen molar-refractivity contribution in [2.24, 2.45) is 11.7 Å². The molecule has 0 saturated carbocycles. The van der Waals surface area contributed by atoms with Gasteiger partial charge in [-0.15, -0.1) is 0 Å². The Kier molecular flexibility index (Phi) is 3.46. The molecule has 21 heavy (non-hydrogen) atoms. The molecule has 0 bridgehead atoms. The maximum Gasteiger partial charge on any atom is 0.300 e. The van der Waals surface area contributed by atoms with Crippen LogP contribution in [-0.2, 0) is 0 Å². The number of rotatable bonds is 3. The van der Waals surface area contributed by atoms with E-state index in [1.54, 1.807) is 6.07 Å². The molecule has 2 unspecified atom stereocenters. The summed E-state index contributed by atoms with van der Waals surface area (Å²) in [6, 6.07) is 3.51. The van der Waals surface area contributed by atoms with Crippen LogP contribution in [0.3, 0.4) is 0 Å². The lowest BCUT2D eigenvalue weighted by Crippen LogP contribution is -2.44. The van der Waals surface area contributed by atoms with Gasteiger partial charge >= 0.3 is 5.69 Å². The van der Waals surface area contributed by atoms with Gasteiger partial charge in [-0.2, -0.15) is 0 Å². The van der Waals surface area contributed by atoms with Crippen molar-refractivity contribution in [3.8, 4) is 0 Å². The molecule has 2 N–H and O–H groups in total. The van der Waals surface area contributed by atoms with E-state index in [4.69, 9.17) is 10.4 Å². The zero-order chi connectivity index (χ0) is 15.0. The Morgan fingerprint density at radius 2 is 2.19 bits per heavy atom. The molecule has 8 heteroatoms. The van der Waals surface area contributed by atoms with Crippen LogP contribution in [-0.4, -0.2) is 34.4 Å². The average molecular weight is 291 g/mol. The number of piperidine rings is 1. The molecule has 2 aromatic rings. The first-order valence-electron chi connectivity index (χ1n) is 6.98. The highest BCUT2D eigenvalue weighted by molar-refractivity contribution is 5.94. The highest BCUT2D eigenvalue weighted by Crippen LogP contribution is 2.35. The average Bonchev–Trinajstić information content (AvgIpc) is 2.96. The molecule has 0 radical (unpaired) electrons. The van der Waals surface area contributed by atoms with Gasteiger partial charge in [0.2, 0.25) is 5.52 Å². The third kappa shape index (κ3) is 2.31. The molecule has 2 heterocycles. The van der Waals surface area contributed by atoms with Crippen molar-refractivity contribution >= 4 is 22.4 Å². The van der Waals surface area contributed by atoms with Gasteiger partial charge in [0.25, 0.3) is 0 Å². The van der Waals surface area contributed by atoms with Gasteiger partial charge < -0.3 is 10.6 Å². The predicted octanol–water partition coefficient (Wildman–Crippen LogP) is 1.69. The second-order valence-corrected chi connectivity index (χ2v) is 5.50. The molecule has 1 fully saturated rings. The number of hydrogen-bond acceptors (Lipinski definition) is 7. The number of nitrogens with two attached hydrogens (primary N) is 1. The van der Waals surface area contributed by atoms with E-state index < -0.39 is 4.92 Å². The Morgan fingerprint density at radius 3 is 2.90 bits per heavy atom. The summed E-state index contributed by atoms with van der Waals surface area (Å²) in [4.78, 5) is 12.7. The van der Waals surface area contributed by atoms with Crippen molar-refractivity contribution in [3.05, 3.63) is 22.2 Å². The minimum absolute atomic E-state index is 0.0879. The molecule has 1 aliphatic rings. The van der Waals surface area contributed by atoms with Crippen LogP contribution in [0.15, 0.2) is 16.8 Å². The summed E-state index contributed by atoms with van der Waals surface area (Å²) < 4.78 is 4.72. The van der Waals surface area contributed by atoms with Gasteiger partial charge in [-0.3, -0.25) is 10.1 Å². The number of anilines is 1. The Hall–Kier alpha value is -2.22. The predicted molar refractivity (Wildman–Crippen MR) is 77.0 cm³/mol. The number of nitrogens with zero attached hydrogens (tertiary/aromatic N) is 4. The molecule has 2 atom stereocenters. The standard InChI is InChI=1S/C13H17N5O3/c1-8-2-3-9(6-14)7-17(8)10-4-5-11(18(19)20)13-12(10)15-21-16-13/h4-5,8-9H,2-3,6-7,14H2,1H3. The molecule has 1 aromatic carbocycles. The van der Waals surface area contributed by atoms with Gasteiger partial charge in [0, 0.05) is 18.7 Å². The van der Waals surface area contributed by atoms with E-state index in [1.807, 2.05) is 0 Å². The van der Waals surface area contributed by atoms with E-state index in [0.29, 0.717) is 24.0 Å². The minimum atomic E-state index is -0.474. The number of nitro benzene ring substituents is 1. The smallest absolute Gasteiger partial charge is 0.300 e. The topological polar surface area (TPSA) is 111 Å². The fourth-order valence-electron chi connectivity index (χ4n) is 2.93. The third-order valence-electron chi connectivity index (χ3n) is 4.19. The molecule has 8 nitrogen and oxygen atoms in total. The van der Waals surface area contributed by atoms with Gasteiger partial charge in [0.15, 0.2) is 5.52 Å². The summed E-state index contributed by atoms with van der Waals surface area (Å²) in [6.45, 7) is 3.58. The Balaban J connectivity index is 2.06. The van der Waals surface area contributed by atoms with Crippen LogP contribution in [0, 0.1) is 16.0 Å². The lowest BCUT2D eigenvalue weighted by Gasteiger charge is -2.39. The molecule has 0 aliphatic carbocycles. The van der Waals surface area contributed by atoms with Gasteiger partial charge in [-0.1, -0.05) is 0 Å². The largest absolute Gasteiger partial charge is 0.367 e.